The van der Waals surface area contributed by atoms with Crippen LogP contribution in [-0.4, -0.2) is 76.0 Å². The van der Waals surface area contributed by atoms with Crippen molar-refractivity contribution in [2.24, 2.45) is 5.92 Å². The van der Waals surface area contributed by atoms with Crippen molar-refractivity contribution in [2.75, 3.05) is 52.4 Å². The van der Waals surface area contributed by atoms with Gasteiger partial charge in [-0.3, -0.25) is 9.69 Å². The number of carbonyl (C=O) groups is 1. The van der Waals surface area contributed by atoms with Crippen molar-refractivity contribution in [1.29, 1.82) is 0 Å². The van der Waals surface area contributed by atoms with Crippen molar-refractivity contribution in [1.82, 2.24) is 9.21 Å². The van der Waals surface area contributed by atoms with Gasteiger partial charge in [0.15, 0.2) is 11.5 Å². The molecular weight excluding hydrogens is 520 g/mol. The molecule has 2 heterocycles. The molecule has 10 heteroatoms. The summed E-state index contributed by atoms with van der Waals surface area (Å²) in [6.45, 7) is 7.98. The molecule has 0 aliphatic carbocycles. The number of ether oxygens (including phenoxy) is 4. The third kappa shape index (κ3) is 6.50. The normalized spacial score (nSPS) is 20.9. The van der Waals surface area contributed by atoms with Crippen molar-refractivity contribution in [3.63, 3.8) is 0 Å². The highest BCUT2D eigenvalue weighted by Crippen LogP contribution is 2.48. The molecule has 0 bridgehead atoms. The number of nitrogens with zero attached hydrogens (tertiary/aromatic N) is 2. The number of esters is 1. The number of sulfonamides is 1. The lowest BCUT2D eigenvalue weighted by Gasteiger charge is -2.30. The van der Waals surface area contributed by atoms with E-state index in [1.54, 1.807) is 11.4 Å². The summed E-state index contributed by atoms with van der Waals surface area (Å²) < 4.78 is 49.7. The van der Waals surface area contributed by atoms with Crippen LogP contribution in [0.25, 0.3) is 0 Å². The van der Waals surface area contributed by atoms with Crippen LogP contribution in [0.2, 0.25) is 0 Å². The summed E-state index contributed by atoms with van der Waals surface area (Å²) in [4.78, 5) is 15.8. The first kappa shape index (κ1) is 29.2. The lowest BCUT2D eigenvalue weighted by atomic mass is 9.82. The maximum atomic E-state index is 13.6. The summed E-state index contributed by atoms with van der Waals surface area (Å²) in [5, 5.41) is 0. The SMILES string of the molecule is CCCN(CCN1C[C@H](c2ccc3c(c2)OCO3)[C@@H](C(=O)OCC)[C@@H]1c1ccc(OC)cc1)S(=O)(=O)CCC. The number of benzene rings is 2. The Kier molecular flexibility index (Phi) is 9.74. The van der Waals surface area contributed by atoms with Crippen molar-refractivity contribution in [3.05, 3.63) is 53.6 Å². The standard InChI is InChI=1S/C29H40N2O7S/c1-5-14-31(39(33,34)17-6-2)16-15-30-19-24(22-10-13-25-26(18-22)38-20-37-25)27(29(32)36-7-3)28(30)21-8-11-23(35-4)12-9-21/h8-13,18,24,27-28H,5-7,14-17,19-20H2,1-4H3/t24-,27-,28+/m1/s1. The van der Waals surface area contributed by atoms with E-state index >= 15 is 0 Å². The molecule has 2 aliphatic rings. The van der Waals surface area contributed by atoms with E-state index in [1.165, 1.54) is 0 Å². The zero-order valence-electron chi connectivity index (χ0n) is 23.3. The molecule has 0 aromatic heterocycles. The van der Waals surface area contributed by atoms with Crippen LogP contribution in [0.3, 0.4) is 0 Å². The predicted octanol–water partition coefficient (Wildman–Crippen LogP) is 4.20. The van der Waals surface area contributed by atoms with Crippen LogP contribution in [0.15, 0.2) is 42.5 Å². The van der Waals surface area contributed by atoms with Gasteiger partial charge in [-0.2, -0.15) is 0 Å². The molecule has 214 valence electrons. The maximum absolute atomic E-state index is 13.6. The van der Waals surface area contributed by atoms with E-state index in [1.807, 2.05) is 63.2 Å². The van der Waals surface area contributed by atoms with Crippen molar-refractivity contribution in [2.45, 2.75) is 45.6 Å². The van der Waals surface area contributed by atoms with Gasteiger partial charge in [0.2, 0.25) is 16.8 Å². The molecule has 0 unspecified atom stereocenters. The smallest absolute Gasteiger partial charge is 0.311 e. The highest BCUT2D eigenvalue weighted by molar-refractivity contribution is 7.89. The highest BCUT2D eigenvalue weighted by atomic mass is 32.2. The maximum Gasteiger partial charge on any atom is 0.311 e. The van der Waals surface area contributed by atoms with Crippen LogP contribution in [0.5, 0.6) is 17.2 Å². The van der Waals surface area contributed by atoms with Gasteiger partial charge in [-0.15, -0.1) is 0 Å². The molecule has 1 fully saturated rings. The Bertz CT molecular complexity index is 1220. The molecule has 3 atom stereocenters. The lowest BCUT2D eigenvalue weighted by Crippen LogP contribution is -2.40. The second-order valence-corrected chi connectivity index (χ2v) is 12.0. The fourth-order valence-corrected chi connectivity index (χ4v) is 7.23. The Labute approximate surface area is 232 Å². The molecule has 0 radical (unpaired) electrons. The average molecular weight is 561 g/mol. The molecule has 2 aliphatic heterocycles. The molecule has 2 aromatic carbocycles. The van der Waals surface area contributed by atoms with Crippen LogP contribution in [0, 0.1) is 5.92 Å². The first-order valence-corrected chi connectivity index (χ1v) is 15.4. The van der Waals surface area contributed by atoms with Gasteiger partial charge in [-0.05, 0) is 55.2 Å². The van der Waals surface area contributed by atoms with Crippen LogP contribution in [-0.2, 0) is 19.6 Å². The summed E-state index contributed by atoms with van der Waals surface area (Å²) in [5.41, 5.74) is 1.91. The lowest BCUT2D eigenvalue weighted by molar-refractivity contribution is -0.149. The van der Waals surface area contributed by atoms with Crippen molar-refractivity contribution >= 4 is 16.0 Å². The summed E-state index contributed by atoms with van der Waals surface area (Å²) in [6, 6.07) is 13.2. The van der Waals surface area contributed by atoms with E-state index in [4.69, 9.17) is 18.9 Å². The minimum Gasteiger partial charge on any atom is -0.497 e. The van der Waals surface area contributed by atoms with E-state index in [-0.39, 0.29) is 37.1 Å². The van der Waals surface area contributed by atoms with E-state index in [9.17, 15) is 13.2 Å². The second-order valence-electron chi connectivity index (χ2n) is 9.93. The first-order chi connectivity index (χ1) is 18.8. The Morgan fingerprint density at radius 3 is 2.38 bits per heavy atom. The minimum absolute atomic E-state index is 0.125. The topological polar surface area (TPSA) is 94.6 Å². The number of likely N-dealkylation sites (tertiary alicyclic amines) is 1. The quantitative estimate of drug-likeness (QED) is 0.337. The Balaban J connectivity index is 1.71. The summed E-state index contributed by atoms with van der Waals surface area (Å²) in [6.07, 6.45) is 1.30. The van der Waals surface area contributed by atoms with Gasteiger partial charge < -0.3 is 18.9 Å². The summed E-state index contributed by atoms with van der Waals surface area (Å²) in [7, 11) is -1.74. The van der Waals surface area contributed by atoms with E-state index in [0.717, 1.165) is 23.3 Å². The Morgan fingerprint density at radius 2 is 1.72 bits per heavy atom. The van der Waals surface area contributed by atoms with E-state index < -0.39 is 15.9 Å². The molecule has 4 rings (SSSR count). The van der Waals surface area contributed by atoms with E-state index in [0.29, 0.717) is 44.1 Å². The van der Waals surface area contributed by atoms with Gasteiger partial charge in [0.05, 0.1) is 25.4 Å². The number of carbonyl (C=O) groups excluding carboxylic acids is 1. The summed E-state index contributed by atoms with van der Waals surface area (Å²) >= 11 is 0. The van der Waals surface area contributed by atoms with Gasteiger partial charge in [0, 0.05) is 38.1 Å². The Morgan fingerprint density at radius 1 is 1.00 bits per heavy atom. The van der Waals surface area contributed by atoms with Gasteiger partial charge >= 0.3 is 5.97 Å². The number of fused-ring (bicyclic) bond motifs is 1. The molecule has 0 N–H and O–H groups in total. The van der Waals surface area contributed by atoms with Crippen LogP contribution in [0.4, 0.5) is 0 Å². The zero-order chi connectivity index (χ0) is 28.0. The molecule has 0 saturated carbocycles. The molecule has 0 amide bonds. The fraction of sp³-hybridized carbons (Fsp3) is 0.552. The van der Waals surface area contributed by atoms with Crippen LogP contribution >= 0.6 is 0 Å². The average Bonchev–Trinajstić information content (AvgIpc) is 3.55. The van der Waals surface area contributed by atoms with Crippen LogP contribution < -0.4 is 14.2 Å². The third-order valence-electron chi connectivity index (χ3n) is 7.40. The van der Waals surface area contributed by atoms with Gasteiger partial charge in [0.1, 0.15) is 5.75 Å². The van der Waals surface area contributed by atoms with Crippen LogP contribution in [0.1, 0.15) is 56.7 Å². The highest BCUT2D eigenvalue weighted by Gasteiger charge is 2.48. The second kappa shape index (κ2) is 13.0. The number of methoxy groups -OCH3 is 1. The molecule has 39 heavy (non-hydrogen) atoms. The number of rotatable bonds is 13. The molecule has 9 nitrogen and oxygen atoms in total. The minimum atomic E-state index is -3.36. The Hall–Kier alpha value is -2.82. The largest absolute Gasteiger partial charge is 0.497 e. The predicted molar refractivity (Wildman–Crippen MR) is 149 cm³/mol. The third-order valence-corrected chi connectivity index (χ3v) is 9.48. The van der Waals surface area contributed by atoms with Gasteiger partial charge in [-0.25, -0.2) is 12.7 Å². The molecular formula is C29H40N2O7S. The monoisotopic (exact) mass is 560 g/mol. The molecule has 1 saturated heterocycles. The number of hydrogen-bond acceptors (Lipinski definition) is 8. The first-order valence-electron chi connectivity index (χ1n) is 13.7. The van der Waals surface area contributed by atoms with Gasteiger partial charge in [-0.1, -0.05) is 32.0 Å². The fourth-order valence-electron chi connectivity index (χ4n) is 5.63. The summed E-state index contributed by atoms with van der Waals surface area (Å²) in [5.74, 6) is 1.25. The zero-order valence-corrected chi connectivity index (χ0v) is 24.1. The molecule has 2 aromatic rings. The number of hydrogen-bond donors (Lipinski definition) is 0. The molecule has 0 spiro atoms. The van der Waals surface area contributed by atoms with Gasteiger partial charge in [0.25, 0.3) is 0 Å². The van der Waals surface area contributed by atoms with E-state index in [2.05, 4.69) is 4.90 Å². The van der Waals surface area contributed by atoms with Crippen molar-refractivity contribution in [3.8, 4) is 17.2 Å². The van der Waals surface area contributed by atoms with Crippen molar-refractivity contribution < 1.29 is 32.2 Å².